The van der Waals surface area contributed by atoms with Crippen LogP contribution < -0.4 is 5.69 Å². The first kappa shape index (κ1) is 14.2. The molecule has 1 amide bonds. The zero-order valence-electron chi connectivity index (χ0n) is 11.2. The SMILES string of the molecule is CC1CCCN(C(=O)Cn2cccnc2=O)C1C(=O)O. The summed E-state index contributed by atoms with van der Waals surface area (Å²) in [5.41, 5.74) is -0.516. The van der Waals surface area contributed by atoms with E-state index in [-0.39, 0.29) is 18.4 Å². The predicted molar refractivity (Wildman–Crippen MR) is 70.0 cm³/mol. The summed E-state index contributed by atoms with van der Waals surface area (Å²) in [5, 5.41) is 9.27. The highest BCUT2D eigenvalue weighted by Gasteiger charge is 2.36. The van der Waals surface area contributed by atoms with E-state index >= 15 is 0 Å². The van der Waals surface area contributed by atoms with E-state index in [1.807, 2.05) is 6.92 Å². The Hall–Kier alpha value is -2.18. The number of rotatable bonds is 3. The molecule has 2 rings (SSSR count). The highest BCUT2D eigenvalue weighted by Crippen LogP contribution is 2.23. The molecular formula is C13H17N3O4. The molecule has 1 fully saturated rings. The Bertz CT molecular complexity index is 569. The highest BCUT2D eigenvalue weighted by atomic mass is 16.4. The predicted octanol–water partition coefficient (Wildman–Crippen LogP) is -0.0450. The molecule has 2 unspecified atom stereocenters. The number of carboxylic acids is 1. The van der Waals surface area contributed by atoms with Crippen molar-refractivity contribution >= 4 is 11.9 Å². The average Bonchev–Trinajstić information content (AvgIpc) is 2.40. The maximum absolute atomic E-state index is 12.3. The van der Waals surface area contributed by atoms with E-state index in [9.17, 15) is 19.5 Å². The van der Waals surface area contributed by atoms with Gasteiger partial charge in [0.2, 0.25) is 5.91 Å². The molecule has 0 aliphatic carbocycles. The van der Waals surface area contributed by atoms with Crippen LogP contribution in [-0.2, 0) is 16.1 Å². The quantitative estimate of drug-likeness (QED) is 0.837. The zero-order valence-corrected chi connectivity index (χ0v) is 11.2. The number of likely N-dealkylation sites (tertiary alicyclic amines) is 1. The largest absolute Gasteiger partial charge is 0.480 e. The number of hydrogen-bond acceptors (Lipinski definition) is 4. The third-order valence-electron chi connectivity index (χ3n) is 3.59. The lowest BCUT2D eigenvalue weighted by Gasteiger charge is -2.37. The van der Waals surface area contributed by atoms with Crippen molar-refractivity contribution in [3.8, 4) is 0 Å². The molecule has 1 aliphatic rings. The Balaban J connectivity index is 2.17. The summed E-state index contributed by atoms with van der Waals surface area (Å²) in [7, 11) is 0. The molecular weight excluding hydrogens is 262 g/mol. The van der Waals surface area contributed by atoms with Gasteiger partial charge in [-0.05, 0) is 24.8 Å². The van der Waals surface area contributed by atoms with Crippen molar-refractivity contribution < 1.29 is 14.7 Å². The summed E-state index contributed by atoms with van der Waals surface area (Å²) in [5.74, 6) is -1.45. The maximum atomic E-state index is 12.3. The highest BCUT2D eigenvalue weighted by molar-refractivity contribution is 5.84. The van der Waals surface area contributed by atoms with E-state index in [0.29, 0.717) is 6.54 Å². The fourth-order valence-corrected chi connectivity index (χ4v) is 2.59. The van der Waals surface area contributed by atoms with Crippen molar-refractivity contribution in [2.24, 2.45) is 5.92 Å². The van der Waals surface area contributed by atoms with Gasteiger partial charge in [0.1, 0.15) is 12.6 Å². The number of aromatic nitrogens is 2. The molecule has 0 aromatic carbocycles. The Morgan fingerprint density at radius 3 is 2.90 bits per heavy atom. The summed E-state index contributed by atoms with van der Waals surface area (Å²) in [6.07, 6.45) is 4.38. The molecule has 1 saturated heterocycles. The molecule has 7 heteroatoms. The van der Waals surface area contributed by atoms with E-state index in [4.69, 9.17) is 0 Å². The van der Waals surface area contributed by atoms with Crippen molar-refractivity contribution in [3.63, 3.8) is 0 Å². The van der Waals surface area contributed by atoms with Crippen LogP contribution in [0.15, 0.2) is 23.3 Å². The summed E-state index contributed by atoms with van der Waals surface area (Å²) in [6.45, 7) is 2.06. The van der Waals surface area contributed by atoms with E-state index in [1.165, 1.54) is 21.9 Å². The van der Waals surface area contributed by atoms with Crippen LogP contribution in [0.2, 0.25) is 0 Å². The van der Waals surface area contributed by atoms with E-state index < -0.39 is 17.7 Å². The second-order valence-corrected chi connectivity index (χ2v) is 5.02. The zero-order chi connectivity index (χ0) is 14.7. The molecule has 7 nitrogen and oxygen atoms in total. The van der Waals surface area contributed by atoms with Gasteiger partial charge in [0.15, 0.2) is 0 Å². The number of nitrogens with zero attached hydrogens (tertiary/aromatic N) is 3. The first-order valence-corrected chi connectivity index (χ1v) is 6.54. The number of aliphatic carboxylic acids is 1. The second kappa shape index (κ2) is 5.85. The van der Waals surface area contributed by atoms with Crippen LogP contribution in [0.5, 0.6) is 0 Å². The molecule has 0 bridgehead atoms. The normalized spacial score (nSPS) is 22.6. The fourth-order valence-electron chi connectivity index (χ4n) is 2.59. The molecule has 2 atom stereocenters. The molecule has 0 saturated carbocycles. The Morgan fingerprint density at radius 2 is 2.25 bits per heavy atom. The molecule has 2 heterocycles. The second-order valence-electron chi connectivity index (χ2n) is 5.02. The van der Waals surface area contributed by atoms with Gasteiger partial charge >= 0.3 is 11.7 Å². The number of carbonyl (C=O) groups excluding carboxylic acids is 1. The maximum Gasteiger partial charge on any atom is 0.347 e. The van der Waals surface area contributed by atoms with Crippen LogP contribution >= 0.6 is 0 Å². The third-order valence-corrected chi connectivity index (χ3v) is 3.59. The molecule has 1 aliphatic heterocycles. The van der Waals surface area contributed by atoms with E-state index in [2.05, 4.69) is 4.98 Å². The van der Waals surface area contributed by atoms with Gasteiger partial charge in [-0.1, -0.05) is 6.92 Å². The number of piperidine rings is 1. The lowest BCUT2D eigenvalue weighted by molar-refractivity contribution is -0.155. The Kier molecular flexibility index (Phi) is 4.16. The standard InChI is InChI=1S/C13H17N3O4/c1-9-4-2-7-16(11(9)12(18)19)10(17)8-15-6-3-5-14-13(15)20/h3,5-6,9,11H,2,4,7-8H2,1H3,(H,18,19). The number of carbonyl (C=O) groups is 2. The van der Waals surface area contributed by atoms with Crippen molar-refractivity contribution in [1.29, 1.82) is 0 Å². The third kappa shape index (κ3) is 2.87. The summed E-state index contributed by atoms with van der Waals surface area (Å²) < 4.78 is 1.18. The minimum atomic E-state index is -0.996. The van der Waals surface area contributed by atoms with Gasteiger partial charge in [0, 0.05) is 18.9 Å². The monoisotopic (exact) mass is 279 g/mol. The van der Waals surface area contributed by atoms with Crippen LogP contribution in [-0.4, -0.2) is 44.0 Å². The van der Waals surface area contributed by atoms with Crippen LogP contribution in [0.3, 0.4) is 0 Å². The van der Waals surface area contributed by atoms with E-state index in [0.717, 1.165) is 12.8 Å². The summed E-state index contributed by atoms with van der Waals surface area (Å²) in [4.78, 5) is 40.0. The Morgan fingerprint density at radius 1 is 1.50 bits per heavy atom. The topological polar surface area (TPSA) is 92.5 Å². The smallest absolute Gasteiger partial charge is 0.347 e. The van der Waals surface area contributed by atoms with Gasteiger partial charge in [-0.25, -0.2) is 14.6 Å². The summed E-state index contributed by atoms with van der Waals surface area (Å²) in [6, 6.07) is 0.742. The minimum absolute atomic E-state index is 0.0872. The molecule has 1 N–H and O–H groups in total. The van der Waals surface area contributed by atoms with Crippen LogP contribution in [0, 0.1) is 5.92 Å². The van der Waals surface area contributed by atoms with Crippen molar-refractivity contribution in [3.05, 3.63) is 28.9 Å². The van der Waals surface area contributed by atoms with Gasteiger partial charge in [-0.15, -0.1) is 0 Å². The lowest BCUT2D eigenvalue weighted by atomic mass is 9.91. The van der Waals surface area contributed by atoms with Gasteiger partial charge in [-0.3, -0.25) is 9.36 Å². The van der Waals surface area contributed by atoms with Gasteiger partial charge in [0.05, 0.1) is 0 Å². The molecule has 1 aromatic rings. The van der Waals surface area contributed by atoms with Crippen molar-refractivity contribution in [2.45, 2.75) is 32.4 Å². The van der Waals surface area contributed by atoms with Gasteiger partial charge < -0.3 is 10.0 Å². The molecule has 20 heavy (non-hydrogen) atoms. The van der Waals surface area contributed by atoms with E-state index in [1.54, 1.807) is 6.07 Å². The average molecular weight is 279 g/mol. The molecule has 108 valence electrons. The molecule has 0 radical (unpaired) electrons. The first-order valence-electron chi connectivity index (χ1n) is 6.54. The molecule has 0 spiro atoms. The fraction of sp³-hybridized carbons (Fsp3) is 0.538. The van der Waals surface area contributed by atoms with Crippen LogP contribution in [0.1, 0.15) is 19.8 Å². The van der Waals surface area contributed by atoms with Gasteiger partial charge in [-0.2, -0.15) is 0 Å². The first-order chi connectivity index (χ1) is 9.50. The molecule has 1 aromatic heterocycles. The lowest BCUT2D eigenvalue weighted by Crippen LogP contribution is -2.53. The van der Waals surface area contributed by atoms with Crippen LogP contribution in [0.25, 0.3) is 0 Å². The number of amides is 1. The minimum Gasteiger partial charge on any atom is -0.480 e. The number of carboxylic acid groups (broad SMARTS) is 1. The van der Waals surface area contributed by atoms with Crippen molar-refractivity contribution in [2.75, 3.05) is 6.54 Å². The Labute approximate surface area is 115 Å². The van der Waals surface area contributed by atoms with Crippen LogP contribution in [0.4, 0.5) is 0 Å². The van der Waals surface area contributed by atoms with Crippen molar-refractivity contribution in [1.82, 2.24) is 14.5 Å². The summed E-state index contributed by atoms with van der Waals surface area (Å²) >= 11 is 0. The number of hydrogen-bond donors (Lipinski definition) is 1. The van der Waals surface area contributed by atoms with Gasteiger partial charge in [0.25, 0.3) is 0 Å².